The molecule has 7 rings (SSSR count). The number of amides is 17. The van der Waals surface area contributed by atoms with E-state index < -0.39 is 248 Å². The van der Waals surface area contributed by atoms with Gasteiger partial charge in [-0.05, 0) is 84.0 Å². The summed E-state index contributed by atoms with van der Waals surface area (Å²) in [6.45, 7) is 2.00. The zero-order valence-corrected chi connectivity index (χ0v) is 66.1. The van der Waals surface area contributed by atoms with Crippen LogP contribution in [0.2, 0.25) is 0 Å². The van der Waals surface area contributed by atoms with Crippen molar-refractivity contribution in [2.45, 2.75) is 182 Å². The number of hydrogen-bond acceptors (Lipinski definition) is 23. The fraction of sp³-hybridized carbons (Fsp3) is 0.455. The van der Waals surface area contributed by atoms with Crippen molar-refractivity contribution in [1.29, 1.82) is 0 Å². The van der Waals surface area contributed by atoms with Crippen LogP contribution in [0.5, 0.6) is 5.75 Å². The van der Waals surface area contributed by atoms with E-state index in [2.05, 4.69) is 68.8 Å². The predicted octanol–water partition coefficient (Wildman–Crippen LogP) is -6.15. The molecule has 12 unspecified atom stereocenters. The molecular weight excluding hydrogens is 1580 g/mol. The standard InChI is InChI=1S/C77H101N19O22S/c1-39(97)64-75(115)92-56(34-45-37-84-48-10-6-5-9-47(45)48)71(111)87-49(17-20-59(79)99)66(106)93-58(38-119-30-23-52(85-40(2)98)68(108)86-50(69(109)95-64)18-21-60(80)100)73(113)89-54(32-41-12-15-46(16-13-41)118-29-26-78)70(110)90-55(33-42-11-14-43-7-3-4-8-44(43)31-42)74(114)96-77(24-27-117-28-25-77)76(116)94-51(19-22-63(103)104)67(107)91-57(36-62(82)102)72(112)88-53(65(83)105)35-61(81)101/h3-16,31,37,39,49-58,64,84,97H,17-30,32-36,38,78H2,1-2H3,(H2,79,99)(H2,80,100)(H2,81,101)(H2,82,102)(H2,83,105)(H,85,98)(H,86,108)(H,87,111)(H,88,112)(H,89,113)(H,90,110)(H,91,107)(H,92,115)(H,93,106)(H,94,116)(H,95,109)(H,96,114)(H,103,104). The molecule has 5 aromatic rings. The van der Waals surface area contributed by atoms with Gasteiger partial charge >= 0.3 is 5.97 Å². The van der Waals surface area contributed by atoms with Crippen LogP contribution in [-0.2, 0) is 110 Å². The minimum absolute atomic E-state index is 0.100. The number of para-hydroxylation sites is 1. The average molecular weight is 1680 g/mol. The van der Waals surface area contributed by atoms with E-state index in [0.717, 1.165) is 31.0 Å². The molecule has 2 aliphatic heterocycles. The maximum Gasteiger partial charge on any atom is 0.303 e. The molecule has 642 valence electrons. The molecule has 0 saturated carbocycles. The number of fused-ring (bicyclic) bond motifs is 2. The van der Waals surface area contributed by atoms with Gasteiger partial charge in [-0.15, -0.1) is 0 Å². The highest BCUT2D eigenvalue weighted by Crippen LogP contribution is 2.26. The van der Waals surface area contributed by atoms with E-state index >= 15 is 28.8 Å². The molecule has 12 atom stereocenters. The van der Waals surface area contributed by atoms with Gasteiger partial charge in [-0.1, -0.05) is 72.8 Å². The fourth-order valence-electron chi connectivity index (χ4n) is 13.0. The number of carbonyl (C=O) groups is 18. The van der Waals surface area contributed by atoms with Gasteiger partial charge in [-0.2, -0.15) is 11.8 Å². The third-order valence-corrected chi connectivity index (χ3v) is 20.5. The molecule has 1 aromatic heterocycles. The molecule has 4 aromatic carbocycles. The fourth-order valence-corrected chi connectivity index (χ4v) is 14.1. The molecule has 0 bridgehead atoms. The van der Waals surface area contributed by atoms with Gasteiger partial charge in [0, 0.05) is 101 Å². The molecular formula is C77H101N19O22S. The summed E-state index contributed by atoms with van der Waals surface area (Å²) >= 11 is 0.904. The number of aromatic amines is 1. The normalized spacial score (nSPS) is 19.6. The van der Waals surface area contributed by atoms with Crippen molar-refractivity contribution in [1.82, 2.24) is 68.8 Å². The van der Waals surface area contributed by atoms with Crippen LogP contribution < -0.4 is 103 Å². The molecule has 27 N–H and O–H groups in total. The van der Waals surface area contributed by atoms with Crippen LogP contribution >= 0.6 is 11.8 Å². The maximum atomic E-state index is 15.7. The van der Waals surface area contributed by atoms with Gasteiger partial charge in [-0.25, -0.2) is 0 Å². The number of carbonyl (C=O) groups excluding carboxylic acids is 17. The van der Waals surface area contributed by atoms with Crippen LogP contribution in [0, 0.1) is 0 Å². The van der Waals surface area contributed by atoms with Crippen molar-refractivity contribution in [2.75, 3.05) is 37.9 Å². The second kappa shape index (κ2) is 45.0. The number of aromatic nitrogens is 1. The number of aliphatic carboxylic acids is 1. The zero-order chi connectivity index (χ0) is 87.2. The Balaban J connectivity index is 1.30. The first-order chi connectivity index (χ1) is 56.5. The first-order valence-electron chi connectivity index (χ1n) is 38.1. The van der Waals surface area contributed by atoms with E-state index in [0.29, 0.717) is 38.7 Å². The largest absolute Gasteiger partial charge is 0.492 e. The van der Waals surface area contributed by atoms with Crippen LogP contribution in [0.3, 0.4) is 0 Å². The van der Waals surface area contributed by atoms with Gasteiger partial charge in [-0.3, -0.25) is 86.3 Å². The Hall–Kier alpha value is -12.8. The van der Waals surface area contributed by atoms with Crippen molar-refractivity contribution >= 4 is 140 Å². The van der Waals surface area contributed by atoms with Crippen LogP contribution in [0.15, 0.2) is 97.2 Å². The molecule has 2 aliphatic rings. The summed E-state index contributed by atoms with van der Waals surface area (Å²) in [7, 11) is 0. The molecule has 41 nitrogen and oxygen atoms in total. The van der Waals surface area contributed by atoms with Gasteiger partial charge in [0.2, 0.25) is 100 Å². The number of ether oxygens (including phenoxy) is 2. The number of H-pyrrole nitrogens is 1. The van der Waals surface area contributed by atoms with E-state index in [1.165, 1.54) is 12.1 Å². The molecule has 17 amide bonds. The highest BCUT2D eigenvalue weighted by atomic mass is 32.2. The summed E-state index contributed by atoms with van der Waals surface area (Å²) < 4.78 is 11.3. The zero-order valence-electron chi connectivity index (χ0n) is 65.2. The van der Waals surface area contributed by atoms with E-state index in [9.17, 15) is 67.7 Å². The lowest BCUT2D eigenvalue weighted by atomic mass is 9.87. The second-order valence-electron chi connectivity index (χ2n) is 28.7. The molecule has 2 saturated heterocycles. The number of thioether (sulfide) groups is 1. The Kier molecular flexibility index (Phi) is 35.3. The van der Waals surface area contributed by atoms with Crippen LogP contribution in [0.4, 0.5) is 0 Å². The number of benzene rings is 4. The summed E-state index contributed by atoms with van der Waals surface area (Å²) in [6, 6.07) is 5.82. The van der Waals surface area contributed by atoms with Gasteiger partial charge in [0.1, 0.15) is 84.4 Å². The van der Waals surface area contributed by atoms with E-state index in [4.69, 9.17) is 43.9 Å². The van der Waals surface area contributed by atoms with Crippen LogP contribution in [-0.4, -0.2) is 238 Å². The lowest BCUT2D eigenvalue weighted by Gasteiger charge is -2.38. The smallest absolute Gasteiger partial charge is 0.303 e. The summed E-state index contributed by atoms with van der Waals surface area (Å²) in [4.78, 5) is 252. The molecule has 0 radical (unpaired) electrons. The second-order valence-corrected chi connectivity index (χ2v) is 29.8. The van der Waals surface area contributed by atoms with Crippen molar-refractivity contribution in [3.8, 4) is 5.75 Å². The highest BCUT2D eigenvalue weighted by Gasteiger charge is 2.46. The first-order valence-corrected chi connectivity index (χ1v) is 39.2. The third kappa shape index (κ3) is 29.1. The molecule has 42 heteroatoms. The van der Waals surface area contributed by atoms with Crippen molar-refractivity contribution in [2.24, 2.45) is 34.4 Å². The Morgan fingerprint density at radius 2 is 1.15 bits per heavy atom. The topological polar surface area (TPSA) is 682 Å². The number of rotatable bonds is 37. The van der Waals surface area contributed by atoms with Crippen molar-refractivity contribution in [3.63, 3.8) is 0 Å². The molecule has 0 aliphatic carbocycles. The molecule has 119 heavy (non-hydrogen) atoms. The third-order valence-electron chi connectivity index (χ3n) is 19.4. The van der Waals surface area contributed by atoms with Gasteiger partial charge < -0.3 is 123 Å². The number of aliphatic hydroxyl groups is 1. The average Bonchev–Trinajstić information content (AvgIpc) is 1.32. The summed E-state index contributed by atoms with van der Waals surface area (Å²) in [5.41, 5.74) is 32.6. The number of carboxylic acids is 1. The first kappa shape index (κ1) is 93.3. The lowest BCUT2D eigenvalue weighted by Crippen LogP contribution is -2.67. The van der Waals surface area contributed by atoms with E-state index in [-0.39, 0.29) is 64.2 Å². The van der Waals surface area contributed by atoms with Gasteiger partial charge in [0.05, 0.1) is 18.9 Å². The summed E-state index contributed by atoms with van der Waals surface area (Å²) in [5.74, 6) is -20.3. The summed E-state index contributed by atoms with van der Waals surface area (Å²) in [5, 5.41) is 53.1. The SMILES string of the molecule is CC(=O)NC1CCSCC(C(=O)NC(Cc2ccc(OCCN)cc2)C(=O)NC(Cc2ccc3ccccc3c2)C(=O)NC2(C(=O)NC(CCC(=O)O)C(=O)NC(CC(N)=O)C(=O)NC(CC(N)=O)C(N)=O)CCOCC2)NC(=O)C(CCC(N)=O)NC(=O)C(Cc2c[nH]c3ccccc23)NC(=O)C(C(C)O)NC(=O)C(CCC(N)=O)NC1=O. The van der Waals surface area contributed by atoms with Gasteiger partial charge in [0.15, 0.2) is 0 Å². The number of carboxylic acid groups (broad SMARTS) is 1. The van der Waals surface area contributed by atoms with Crippen LogP contribution in [0.1, 0.15) is 101 Å². The number of nitrogens with one attached hydrogen (secondary N) is 13. The lowest BCUT2D eigenvalue weighted by molar-refractivity contribution is -0.142. The van der Waals surface area contributed by atoms with Crippen molar-refractivity contribution < 1.29 is 106 Å². The quantitative estimate of drug-likeness (QED) is 0.0176. The highest BCUT2D eigenvalue weighted by molar-refractivity contribution is 7.99. The predicted molar refractivity (Wildman–Crippen MR) is 426 cm³/mol. The molecule has 2 fully saturated rings. The summed E-state index contributed by atoms with van der Waals surface area (Å²) in [6.07, 6.45) is -7.67. The van der Waals surface area contributed by atoms with Crippen LogP contribution in [0.25, 0.3) is 21.7 Å². The Morgan fingerprint density at radius 3 is 1.77 bits per heavy atom. The minimum atomic E-state index is -2.09. The monoisotopic (exact) mass is 1680 g/mol. The van der Waals surface area contributed by atoms with E-state index in [1.54, 1.807) is 79.0 Å². The van der Waals surface area contributed by atoms with Gasteiger partial charge in [0.25, 0.3) is 0 Å². The number of hydrogen-bond donors (Lipinski definition) is 21. The minimum Gasteiger partial charge on any atom is -0.492 e. The molecule has 3 heterocycles. The Bertz CT molecular complexity index is 4560. The Labute approximate surface area is 685 Å². The van der Waals surface area contributed by atoms with E-state index in [1.807, 2.05) is 6.07 Å². The molecule has 0 spiro atoms. The number of primary amides is 5. The number of aliphatic hydroxyl groups excluding tert-OH is 1. The number of nitrogens with two attached hydrogens (primary N) is 6. The van der Waals surface area contributed by atoms with Crippen molar-refractivity contribution in [3.05, 3.63) is 114 Å². The maximum absolute atomic E-state index is 15.7. The Morgan fingerprint density at radius 1 is 0.597 bits per heavy atom.